The molecule has 2 N–H and O–H groups in total. The van der Waals surface area contributed by atoms with Gasteiger partial charge in [0.1, 0.15) is 0 Å². The summed E-state index contributed by atoms with van der Waals surface area (Å²) in [4.78, 5) is 0. The van der Waals surface area contributed by atoms with Crippen molar-refractivity contribution in [2.24, 2.45) is 0 Å². The Morgan fingerprint density at radius 2 is 0.800 bits per heavy atom. The van der Waals surface area contributed by atoms with E-state index in [2.05, 4.69) is 0 Å². The van der Waals surface area contributed by atoms with Gasteiger partial charge in [-0.25, -0.2) is 0 Å². The van der Waals surface area contributed by atoms with Crippen molar-refractivity contribution in [1.29, 1.82) is 0 Å². The first-order valence-corrected chi connectivity index (χ1v) is 1.46. The third-order valence-corrected chi connectivity index (χ3v) is 0. The molecule has 0 rings (SSSR count). The molecule has 0 heterocycles. The van der Waals surface area contributed by atoms with E-state index in [-0.39, 0.29) is 39.0 Å². The van der Waals surface area contributed by atoms with Crippen LogP contribution in [0.1, 0.15) is 0 Å². The van der Waals surface area contributed by atoms with Crippen LogP contribution in [0.4, 0.5) is 0 Å². The zero-order valence-electron chi connectivity index (χ0n) is 5.10. The second kappa shape index (κ2) is 16.6. The van der Waals surface area contributed by atoms with Gasteiger partial charge in [0.25, 0.3) is 0 Å². The molecular formula is H2B2O6Zn2. The zero-order chi connectivity index (χ0) is 7.15. The Balaban J connectivity index is -0.0000000300. The summed E-state index contributed by atoms with van der Waals surface area (Å²) in [6, 6.07) is 0. The predicted molar refractivity (Wildman–Crippen MR) is 15.9 cm³/mol. The summed E-state index contributed by atoms with van der Waals surface area (Å²) in [5.41, 5.74) is 0. The van der Waals surface area contributed by atoms with Crippen LogP contribution in [0.15, 0.2) is 0 Å². The molecule has 0 radical (unpaired) electrons. The largest absolute Gasteiger partial charge is 2.00 e. The molecule has 0 aromatic heterocycles. The van der Waals surface area contributed by atoms with Crippen LogP contribution < -0.4 is 20.1 Å². The molecule has 0 aliphatic carbocycles. The van der Waals surface area contributed by atoms with Gasteiger partial charge < -0.3 is 30.1 Å². The average molecular weight is 250 g/mol. The van der Waals surface area contributed by atoms with Gasteiger partial charge in [0.2, 0.25) is 0 Å². The van der Waals surface area contributed by atoms with Gasteiger partial charge in [0, 0.05) is 0 Å². The first-order chi connectivity index (χ1) is 3.46. The average Bonchev–Trinajstić information content (AvgIpc) is 1.25. The quantitative estimate of drug-likeness (QED) is 0.411. The molecule has 0 aromatic carbocycles. The van der Waals surface area contributed by atoms with Gasteiger partial charge >= 0.3 is 46.3 Å². The van der Waals surface area contributed by atoms with E-state index >= 15 is 0 Å². The Bertz CT molecular complexity index is 29.2. The van der Waals surface area contributed by atoms with Gasteiger partial charge in [-0.1, -0.05) is 0 Å². The molecule has 0 aromatic rings. The maximum atomic E-state index is 8.64. The normalized spacial score (nSPS) is 5.40. The van der Waals surface area contributed by atoms with Gasteiger partial charge in [-0.15, -0.1) is 0 Å². The minimum atomic E-state index is -2.92. The summed E-state index contributed by atoms with van der Waals surface area (Å²) in [5.74, 6) is 0. The molecule has 0 fully saturated rings. The smallest absolute Gasteiger partial charge is 0.907 e. The fourth-order valence-electron chi connectivity index (χ4n) is 0. The standard InChI is InChI=1S/BH2O3.BO3.2Zn/c2*2-1(3)4;;/h2-3H;;;/q-1;-3;2*+2. The fourth-order valence-corrected chi connectivity index (χ4v) is 0. The van der Waals surface area contributed by atoms with Gasteiger partial charge in [-0.3, -0.25) is 7.32 Å². The minimum absolute atomic E-state index is 0. The monoisotopic (exact) mass is 248 g/mol. The molecule has 0 aliphatic rings. The molecule has 6 nitrogen and oxygen atoms in total. The van der Waals surface area contributed by atoms with Crippen LogP contribution in [0.2, 0.25) is 0 Å². The maximum Gasteiger partial charge on any atom is 2.00 e. The van der Waals surface area contributed by atoms with E-state index in [1.54, 1.807) is 0 Å². The van der Waals surface area contributed by atoms with E-state index in [1.807, 2.05) is 0 Å². The van der Waals surface area contributed by atoms with Crippen LogP contribution in [0, 0.1) is 0 Å². The van der Waals surface area contributed by atoms with Crippen LogP contribution in [0.5, 0.6) is 0 Å². The summed E-state index contributed by atoms with van der Waals surface area (Å²) in [7, 11) is -5.33. The molecule has 10 heavy (non-hydrogen) atoms. The minimum Gasteiger partial charge on any atom is -0.907 e. The molecule has 0 spiro atoms. The van der Waals surface area contributed by atoms with Crippen LogP contribution in [-0.2, 0) is 39.0 Å². The maximum absolute atomic E-state index is 8.64. The predicted octanol–water partition coefficient (Wildman–Crippen LogP) is -6.64. The van der Waals surface area contributed by atoms with Crippen LogP contribution in [0.25, 0.3) is 0 Å². The zero-order valence-corrected chi connectivity index (χ0v) is 11.0. The molecule has 0 bridgehead atoms. The van der Waals surface area contributed by atoms with Gasteiger partial charge in [-0.2, -0.15) is 0 Å². The van der Waals surface area contributed by atoms with Crippen LogP contribution in [-0.4, -0.2) is 24.7 Å². The second-order valence-corrected chi connectivity index (χ2v) is 0.615. The number of hydrogen-bond acceptors (Lipinski definition) is 6. The van der Waals surface area contributed by atoms with E-state index in [0.717, 1.165) is 0 Å². The fraction of sp³-hybridized carbons (Fsp3) is 0. The molecule has 0 aliphatic heterocycles. The summed E-state index contributed by atoms with van der Waals surface area (Å²) in [6.07, 6.45) is 0. The molecule has 0 amide bonds. The summed E-state index contributed by atoms with van der Waals surface area (Å²) in [5, 5.41) is 48.0. The van der Waals surface area contributed by atoms with E-state index in [1.165, 1.54) is 0 Å². The van der Waals surface area contributed by atoms with E-state index in [4.69, 9.17) is 30.1 Å². The summed E-state index contributed by atoms with van der Waals surface area (Å²) < 4.78 is 0. The third-order valence-electron chi connectivity index (χ3n) is 0. The Labute approximate surface area is 83.8 Å². The van der Waals surface area contributed by atoms with Crippen molar-refractivity contribution in [3.8, 4) is 0 Å². The Morgan fingerprint density at radius 3 is 0.800 bits per heavy atom. The topological polar surface area (TPSA) is 133 Å². The van der Waals surface area contributed by atoms with E-state index < -0.39 is 14.6 Å². The Morgan fingerprint density at radius 1 is 0.800 bits per heavy atom. The second-order valence-electron chi connectivity index (χ2n) is 0.615. The van der Waals surface area contributed by atoms with Crippen molar-refractivity contribution in [3.63, 3.8) is 0 Å². The molecular weight excluding hydrogens is 248 g/mol. The SMILES string of the molecule is [O-]B(O)O.[O-]B([O-])[O-].[Zn+2].[Zn+2]. The van der Waals surface area contributed by atoms with Crippen molar-refractivity contribution in [1.82, 2.24) is 0 Å². The van der Waals surface area contributed by atoms with Crippen LogP contribution in [0.3, 0.4) is 0 Å². The van der Waals surface area contributed by atoms with Crippen molar-refractivity contribution >= 4 is 14.6 Å². The molecule has 10 heteroatoms. The van der Waals surface area contributed by atoms with Crippen molar-refractivity contribution in [2.75, 3.05) is 0 Å². The van der Waals surface area contributed by atoms with Gasteiger partial charge in [0.15, 0.2) is 0 Å². The molecule has 0 saturated heterocycles. The first kappa shape index (κ1) is 22.5. The van der Waals surface area contributed by atoms with Gasteiger partial charge in [-0.05, 0) is 0 Å². The molecule has 48 valence electrons. The summed E-state index contributed by atoms with van der Waals surface area (Å²) >= 11 is 0. The molecule has 0 atom stereocenters. The number of rotatable bonds is 0. The third kappa shape index (κ3) is 468. The summed E-state index contributed by atoms with van der Waals surface area (Å²) in [6.45, 7) is 0. The van der Waals surface area contributed by atoms with Crippen molar-refractivity contribution in [2.45, 2.75) is 0 Å². The molecule has 0 saturated carbocycles. The van der Waals surface area contributed by atoms with E-state index in [9.17, 15) is 0 Å². The number of hydrogen-bond donors (Lipinski definition) is 2. The Hall–Kier alpha value is 1.14. The van der Waals surface area contributed by atoms with Crippen molar-refractivity contribution < 1.29 is 69.1 Å². The Kier molecular flexibility index (Phi) is 37.3. The molecule has 0 unspecified atom stereocenters. The van der Waals surface area contributed by atoms with Gasteiger partial charge in [0.05, 0.1) is 0 Å². The first-order valence-electron chi connectivity index (χ1n) is 1.46. The van der Waals surface area contributed by atoms with E-state index in [0.29, 0.717) is 0 Å². The van der Waals surface area contributed by atoms with Crippen LogP contribution >= 0.6 is 0 Å². The van der Waals surface area contributed by atoms with Crippen molar-refractivity contribution in [3.05, 3.63) is 0 Å².